The zero-order valence-electron chi connectivity index (χ0n) is 16.0. The van der Waals surface area contributed by atoms with Crippen LogP contribution in [0.3, 0.4) is 0 Å². The van der Waals surface area contributed by atoms with E-state index in [-0.39, 0.29) is 5.25 Å². The van der Waals surface area contributed by atoms with Gasteiger partial charge < -0.3 is 4.42 Å². The van der Waals surface area contributed by atoms with Crippen LogP contribution in [0.1, 0.15) is 36.1 Å². The lowest BCUT2D eigenvalue weighted by atomic mass is 10.1. The highest BCUT2D eigenvalue weighted by molar-refractivity contribution is 7.99. The number of aromatic amines is 1. The lowest BCUT2D eigenvalue weighted by Gasteiger charge is -2.02. The molecular weight excluding hydrogens is 370 g/mol. The molecule has 2 aromatic heterocycles. The Hall–Kier alpha value is -2.93. The van der Waals surface area contributed by atoms with Gasteiger partial charge in [0.15, 0.2) is 5.82 Å². The van der Waals surface area contributed by atoms with Crippen LogP contribution in [-0.2, 0) is 6.42 Å². The fourth-order valence-corrected chi connectivity index (χ4v) is 3.50. The molecule has 0 aliphatic carbocycles. The summed E-state index contributed by atoms with van der Waals surface area (Å²) in [6.07, 6.45) is 1.02. The van der Waals surface area contributed by atoms with Crippen molar-refractivity contribution in [1.82, 2.24) is 25.4 Å². The molecule has 142 valence electrons. The van der Waals surface area contributed by atoms with Crippen molar-refractivity contribution < 1.29 is 4.42 Å². The molecule has 7 heteroatoms. The van der Waals surface area contributed by atoms with E-state index in [0.717, 1.165) is 23.4 Å². The predicted molar refractivity (Wildman–Crippen MR) is 110 cm³/mol. The van der Waals surface area contributed by atoms with Crippen LogP contribution in [0.25, 0.3) is 22.8 Å². The van der Waals surface area contributed by atoms with Gasteiger partial charge in [-0.1, -0.05) is 60.6 Å². The van der Waals surface area contributed by atoms with Gasteiger partial charge in [-0.05, 0) is 38.0 Å². The molecule has 2 heterocycles. The lowest BCUT2D eigenvalue weighted by Crippen LogP contribution is -1.89. The molecule has 0 spiro atoms. The molecule has 0 bridgehead atoms. The summed E-state index contributed by atoms with van der Waals surface area (Å²) in [5.41, 5.74) is 4.42. The summed E-state index contributed by atoms with van der Waals surface area (Å²) < 4.78 is 5.85. The second kappa shape index (κ2) is 7.98. The fourth-order valence-electron chi connectivity index (χ4n) is 2.75. The van der Waals surface area contributed by atoms with Gasteiger partial charge in [0.05, 0.1) is 5.25 Å². The Kier molecular flexibility index (Phi) is 5.25. The highest BCUT2D eigenvalue weighted by atomic mass is 32.2. The van der Waals surface area contributed by atoms with E-state index in [1.807, 2.05) is 38.1 Å². The van der Waals surface area contributed by atoms with Crippen LogP contribution in [0.4, 0.5) is 0 Å². The van der Waals surface area contributed by atoms with Crippen LogP contribution in [0.2, 0.25) is 0 Å². The summed E-state index contributed by atoms with van der Waals surface area (Å²) >= 11 is 1.48. The van der Waals surface area contributed by atoms with E-state index >= 15 is 0 Å². The maximum Gasteiger partial charge on any atom is 0.247 e. The van der Waals surface area contributed by atoms with Crippen molar-refractivity contribution in [3.8, 4) is 22.8 Å². The Balaban J connectivity index is 1.46. The van der Waals surface area contributed by atoms with E-state index in [9.17, 15) is 0 Å². The van der Waals surface area contributed by atoms with Crippen molar-refractivity contribution in [2.75, 3.05) is 0 Å². The van der Waals surface area contributed by atoms with Crippen LogP contribution < -0.4 is 0 Å². The molecule has 0 aliphatic rings. The van der Waals surface area contributed by atoms with Crippen molar-refractivity contribution in [1.29, 1.82) is 0 Å². The van der Waals surface area contributed by atoms with Gasteiger partial charge in [0.2, 0.25) is 16.9 Å². The number of hydrogen-bond acceptors (Lipinski definition) is 6. The van der Waals surface area contributed by atoms with Crippen molar-refractivity contribution in [3.05, 3.63) is 65.5 Å². The average Bonchev–Trinajstić information content (AvgIpc) is 3.39. The molecule has 0 radical (unpaired) electrons. The van der Waals surface area contributed by atoms with Crippen molar-refractivity contribution >= 4 is 11.8 Å². The van der Waals surface area contributed by atoms with Crippen molar-refractivity contribution in [3.63, 3.8) is 0 Å². The molecular formula is C21H21N5OS. The second-order valence-corrected chi connectivity index (χ2v) is 7.90. The number of aromatic nitrogens is 5. The van der Waals surface area contributed by atoms with Crippen LogP contribution in [0, 0.1) is 6.92 Å². The topological polar surface area (TPSA) is 80.5 Å². The number of benzene rings is 2. The molecule has 0 fully saturated rings. The molecule has 4 aromatic rings. The van der Waals surface area contributed by atoms with Gasteiger partial charge in [-0.2, -0.15) is 0 Å². The van der Waals surface area contributed by atoms with Crippen LogP contribution in [0.5, 0.6) is 0 Å². The summed E-state index contributed by atoms with van der Waals surface area (Å²) in [4.78, 5) is 4.58. The van der Waals surface area contributed by atoms with Gasteiger partial charge in [0, 0.05) is 11.1 Å². The fraction of sp³-hybridized carbons (Fsp3) is 0.238. The summed E-state index contributed by atoms with van der Waals surface area (Å²) in [5, 5.41) is 16.3. The molecule has 1 N–H and O–H groups in total. The predicted octanol–water partition coefficient (Wildman–Crippen LogP) is 5.25. The first kappa shape index (κ1) is 18.4. The first-order chi connectivity index (χ1) is 13.6. The molecule has 0 saturated carbocycles. The van der Waals surface area contributed by atoms with E-state index in [1.165, 1.54) is 22.9 Å². The van der Waals surface area contributed by atoms with Crippen LogP contribution in [0.15, 0.2) is 58.1 Å². The third kappa shape index (κ3) is 3.99. The third-order valence-electron chi connectivity index (χ3n) is 4.47. The highest BCUT2D eigenvalue weighted by Crippen LogP contribution is 2.34. The number of nitrogens with one attached hydrogen (secondary N) is 1. The number of rotatable bonds is 6. The first-order valence-electron chi connectivity index (χ1n) is 9.21. The van der Waals surface area contributed by atoms with E-state index in [2.05, 4.69) is 56.6 Å². The molecule has 0 saturated heterocycles. The Morgan fingerprint density at radius 3 is 2.43 bits per heavy atom. The summed E-state index contributed by atoms with van der Waals surface area (Å²) in [5.74, 6) is 1.83. The minimum Gasteiger partial charge on any atom is -0.419 e. The standard InChI is InChI=1S/C21H21N5OS/c1-4-15-7-11-16(12-8-15)18-22-21(26-23-18)28-14(3)19-24-25-20(27-19)17-9-5-13(2)6-10-17/h5-12,14H,4H2,1-3H3,(H,22,23,26)/t14-/m0/s1. The Morgan fingerprint density at radius 1 is 1.00 bits per heavy atom. The summed E-state index contributed by atoms with van der Waals surface area (Å²) in [7, 11) is 0. The molecule has 0 aliphatic heterocycles. The normalized spacial score (nSPS) is 12.2. The maximum atomic E-state index is 5.85. The molecule has 28 heavy (non-hydrogen) atoms. The zero-order valence-corrected chi connectivity index (χ0v) is 16.8. The lowest BCUT2D eigenvalue weighted by molar-refractivity contribution is 0.509. The molecule has 6 nitrogen and oxygen atoms in total. The SMILES string of the molecule is CCc1ccc(-c2nc(S[C@@H](C)c3nnc(-c4ccc(C)cc4)o3)n[nH]2)cc1. The molecule has 0 unspecified atom stereocenters. The molecule has 1 atom stereocenters. The van der Waals surface area contributed by atoms with E-state index in [1.54, 1.807) is 0 Å². The largest absolute Gasteiger partial charge is 0.419 e. The van der Waals surface area contributed by atoms with Gasteiger partial charge in [-0.15, -0.1) is 15.3 Å². The Morgan fingerprint density at radius 2 is 1.71 bits per heavy atom. The smallest absolute Gasteiger partial charge is 0.247 e. The minimum absolute atomic E-state index is 0.0576. The van der Waals surface area contributed by atoms with Gasteiger partial charge in [0.1, 0.15) is 0 Å². The van der Waals surface area contributed by atoms with E-state index < -0.39 is 0 Å². The van der Waals surface area contributed by atoms with Gasteiger partial charge in [-0.3, -0.25) is 5.10 Å². The minimum atomic E-state index is -0.0576. The molecule has 0 amide bonds. The summed E-state index contributed by atoms with van der Waals surface area (Å²) in [6, 6.07) is 16.4. The Bertz CT molecular complexity index is 1050. The van der Waals surface area contributed by atoms with Gasteiger partial charge in [-0.25, -0.2) is 4.98 Å². The van der Waals surface area contributed by atoms with E-state index in [0.29, 0.717) is 16.9 Å². The number of hydrogen-bond donors (Lipinski definition) is 1. The highest BCUT2D eigenvalue weighted by Gasteiger charge is 2.18. The number of nitrogens with zero attached hydrogens (tertiary/aromatic N) is 4. The quantitative estimate of drug-likeness (QED) is 0.452. The number of thioether (sulfide) groups is 1. The Labute approximate surface area is 167 Å². The van der Waals surface area contributed by atoms with Crippen LogP contribution >= 0.6 is 11.8 Å². The molecule has 2 aromatic carbocycles. The van der Waals surface area contributed by atoms with E-state index in [4.69, 9.17) is 4.42 Å². The maximum absolute atomic E-state index is 5.85. The average molecular weight is 392 g/mol. The van der Waals surface area contributed by atoms with Crippen LogP contribution in [-0.4, -0.2) is 25.4 Å². The number of H-pyrrole nitrogens is 1. The third-order valence-corrected chi connectivity index (χ3v) is 5.42. The second-order valence-electron chi connectivity index (χ2n) is 6.59. The van der Waals surface area contributed by atoms with Gasteiger partial charge >= 0.3 is 0 Å². The monoisotopic (exact) mass is 391 g/mol. The van der Waals surface area contributed by atoms with Gasteiger partial charge in [0.25, 0.3) is 0 Å². The molecule has 4 rings (SSSR count). The zero-order chi connectivity index (χ0) is 19.5. The van der Waals surface area contributed by atoms with Crippen molar-refractivity contribution in [2.24, 2.45) is 0 Å². The summed E-state index contributed by atoms with van der Waals surface area (Å²) in [6.45, 7) is 6.19. The number of aryl methyl sites for hydroxylation is 2. The first-order valence-corrected chi connectivity index (χ1v) is 10.1. The van der Waals surface area contributed by atoms with Crippen molar-refractivity contribution in [2.45, 2.75) is 37.6 Å².